The van der Waals surface area contributed by atoms with Crippen LogP contribution in [0.4, 0.5) is 0 Å². The Bertz CT molecular complexity index is 1260. The molecule has 3 aromatic carbocycles. The highest BCUT2D eigenvalue weighted by Gasteiger charge is 2.20. The molecule has 0 amide bonds. The molecule has 33 heavy (non-hydrogen) atoms. The summed E-state index contributed by atoms with van der Waals surface area (Å²) in [6, 6.07) is 20.3. The minimum atomic E-state index is -0.502. The first kappa shape index (κ1) is 22.4. The van der Waals surface area contributed by atoms with Gasteiger partial charge in [0.15, 0.2) is 0 Å². The Morgan fingerprint density at radius 2 is 1.79 bits per heavy atom. The molecule has 4 aromatic rings. The predicted molar refractivity (Wildman–Crippen MR) is 128 cm³/mol. The minimum Gasteiger partial charge on any atom is -0.506 e. The number of halogens is 1. The molecule has 0 radical (unpaired) electrons. The fourth-order valence-electron chi connectivity index (χ4n) is 3.41. The fraction of sp³-hybridized carbons (Fsp3) is 0.154. The highest BCUT2D eigenvalue weighted by atomic mass is 35.5. The maximum Gasteiger partial charge on any atom is 0.356 e. The summed E-state index contributed by atoms with van der Waals surface area (Å²) >= 11 is 5.97. The first-order chi connectivity index (χ1) is 16.0. The van der Waals surface area contributed by atoms with Gasteiger partial charge >= 0.3 is 5.97 Å². The number of esters is 1. The molecular formula is C26H23ClN2O4. The van der Waals surface area contributed by atoms with Crippen LogP contribution >= 0.6 is 11.6 Å². The second-order valence-electron chi connectivity index (χ2n) is 7.50. The van der Waals surface area contributed by atoms with Crippen LogP contribution in [0.5, 0.6) is 11.5 Å². The van der Waals surface area contributed by atoms with E-state index in [1.807, 2.05) is 43.3 Å². The number of nitrogens with one attached hydrogen (secondary N) is 1. The molecule has 1 aromatic heterocycles. The lowest BCUT2D eigenvalue weighted by Crippen LogP contribution is -2.04. The number of aromatic amines is 1. The summed E-state index contributed by atoms with van der Waals surface area (Å²) in [7, 11) is 0. The molecule has 0 atom stereocenters. The quantitative estimate of drug-likeness (QED) is 0.321. The number of aryl methyl sites for hydroxylation is 1. The maximum atomic E-state index is 12.0. The normalized spacial score (nSPS) is 10.8. The molecule has 1 heterocycles. The Morgan fingerprint density at radius 3 is 2.48 bits per heavy atom. The van der Waals surface area contributed by atoms with E-state index in [2.05, 4.69) is 10.2 Å². The number of carbonyl (C=O) groups is 1. The second kappa shape index (κ2) is 9.79. The second-order valence-corrected chi connectivity index (χ2v) is 7.94. The predicted octanol–water partition coefficient (Wildman–Crippen LogP) is 6.17. The van der Waals surface area contributed by atoms with Gasteiger partial charge in [-0.15, -0.1) is 0 Å². The molecule has 7 heteroatoms. The van der Waals surface area contributed by atoms with Crippen molar-refractivity contribution in [2.24, 2.45) is 0 Å². The van der Waals surface area contributed by atoms with Crippen molar-refractivity contribution in [1.29, 1.82) is 0 Å². The van der Waals surface area contributed by atoms with Gasteiger partial charge in [-0.05, 0) is 55.3 Å². The number of hydrogen-bond acceptors (Lipinski definition) is 5. The molecule has 0 unspecified atom stereocenters. The summed E-state index contributed by atoms with van der Waals surface area (Å²) in [6.45, 7) is 4.30. The van der Waals surface area contributed by atoms with Crippen molar-refractivity contribution >= 4 is 17.6 Å². The Balaban J connectivity index is 1.73. The average Bonchev–Trinajstić information content (AvgIpc) is 3.30. The molecule has 0 aliphatic heterocycles. The van der Waals surface area contributed by atoms with Gasteiger partial charge in [0.1, 0.15) is 23.8 Å². The van der Waals surface area contributed by atoms with Crippen LogP contribution in [0.3, 0.4) is 0 Å². The Kier molecular flexibility index (Phi) is 6.66. The van der Waals surface area contributed by atoms with Gasteiger partial charge < -0.3 is 14.6 Å². The lowest BCUT2D eigenvalue weighted by molar-refractivity contribution is 0.0519. The van der Waals surface area contributed by atoms with Gasteiger partial charge in [-0.2, -0.15) is 5.10 Å². The number of carbonyl (C=O) groups excluding carboxylic acids is 1. The molecule has 0 aliphatic rings. The zero-order chi connectivity index (χ0) is 23.4. The molecule has 168 valence electrons. The highest BCUT2D eigenvalue weighted by molar-refractivity contribution is 6.30. The van der Waals surface area contributed by atoms with E-state index in [0.29, 0.717) is 34.2 Å². The number of aromatic hydroxyl groups is 1. The Hall–Kier alpha value is -3.77. The van der Waals surface area contributed by atoms with Crippen molar-refractivity contribution in [3.05, 3.63) is 88.6 Å². The molecule has 0 spiro atoms. The summed E-state index contributed by atoms with van der Waals surface area (Å²) in [6.07, 6.45) is 0. The number of aromatic nitrogens is 2. The van der Waals surface area contributed by atoms with Crippen LogP contribution in [0, 0.1) is 6.92 Å². The zero-order valence-electron chi connectivity index (χ0n) is 18.3. The minimum absolute atomic E-state index is 0.00867. The van der Waals surface area contributed by atoms with Gasteiger partial charge in [-0.3, -0.25) is 5.10 Å². The topological polar surface area (TPSA) is 84.4 Å². The van der Waals surface area contributed by atoms with E-state index in [9.17, 15) is 9.90 Å². The summed E-state index contributed by atoms with van der Waals surface area (Å²) < 4.78 is 11.1. The fourth-order valence-corrected chi connectivity index (χ4v) is 3.54. The number of hydrogen-bond donors (Lipinski definition) is 2. The SMILES string of the molecule is CCOC(=O)c1cc(-c2ccc(OCc3ccc(Cl)cc3)c(-c3ccc(C)cc3)c2O)n[nH]1. The van der Waals surface area contributed by atoms with Gasteiger partial charge in [0, 0.05) is 10.6 Å². The third kappa shape index (κ3) is 5.02. The smallest absolute Gasteiger partial charge is 0.356 e. The number of rotatable bonds is 7. The van der Waals surface area contributed by atoms with Crippen molar-refractivity contribution in [1.82, 2.24) is 10.2 Å². The summed E-state index contributed by atoms with van der Waals surface area (Å²) in [5.74, 6) is 0.0305. The maximum absolute atomic E-state index is 12.0. The van der Waals surface area contributed by atoms with Crippen molar-refractivity contribution < 1.29 is 19.4 Å². The van der Waals surface area contributed by atoms with Crippen LogP contribution in [0.15, 0.2) is 66.7 Å². The van der Waals surface area contributed by atoms with Crippen molar-refractivity contribution in [2.75, 3.05) is 6.61 Å². The van der Waals surface area contributed by atoms with E-state index >= 15 is 0 Å². The standard InChI is InChI=1S/C26H23ClN2O4/c1-3-32-26(31)22-14-21(28-29-22)20-12-13-23(33-15-17-6-10-19(27)11-7-17)24(25(20)30)18-8-4-16(2)5-9-18/h4-14,30H,3,15H2,1-2H3,(H,28,29). The van der Waals surface area contributed by atoms with Crippen LogP contribution < -0.4 is 4.74 Å². The largest absolute Gasteiger partial charge is 0.506 e. The molecule has 2 N–H and O–H groups in total. The van der Waals surface area contributed by atoms with E-state index in [1.54, 1.807) is 37.3 Å². The lowest BCUT2D eigenvalue weighted by Gasteiger charge is -2.16. The lowest BCUT2D eigenvalue weighted by atomic mass is 9.98. The molecule has 0 aliphatic carbocycles. The molecule has 0 fully saturated rings. The third-order valence-corrected chi connectivity index (χ3v) is 5.39. The Morgan fingerprint density at radius 1 is 1.06 bits per heavy atom. The van der Waals surface area contributed by atoms with E-state index in [4.69, 9.17) is 21.1 Å². The van der Waals surface area contributed by atoms with Gasteiger partial charge in [0.05, 0.1) is 17.9 Å². The average molecular weight is 463 g/mol. The summed E-state index contributed by atoms with van der Waals surface area (Å²) in [4.78, 5) is 12.0. The number of phenols is 1. The van der Waals surface area contributed by atoms with Crippen LogP contribution in [0.1, 0.15) is 28.5 Å². The van der Waals surface area contributed by atoms with E-state index < -0.39 is 5.97 Å². The van der Waals surface area contributed by atoms with Crippen LogP contribution in [0.25, 0.3) is 22.4 Å². The first-order valence-electron chi connectivity index (χ1n) is 10.5. The van der Waals surface area contributed by atoms with Crippen molar-refractivity contribution in [2.45, 2.75) is 20.5 Å². The van der Waals surface area contributed by atoms with Crippen LogP contribution in [0.2, 0.25) is 5.02 Å². The van der Waals surface area contributed by atoms with Crippen molar-refractivity contribution in [3.8, 4) is 33.9 Å². The van der Waals surface area contributed by atoms with Gasteiger partial charge in [0.25, 0.3) is 0 Å². The molecular weight excluding hydrogens is 440 g/mol. The van der Waals surface area contributed by atoms with Gasteiger partial charge in [0.2, 0.25) is 0 Å². The number of nitrogens with zero attached hydrogens (tertiary/aromatic N) is 1. The van der Waals surface area contributed by atoms with E-state index in [0.717, 1.165) is 16.7 Å². The molecule has 0 bridgehead atoms. The first-order valence-corrected chi connectivity index (χ1v) is 10.9. The van der Waals surface area contributed by atoms with Crippen molar-refractivity contribution in [3.63, 3.8) is 0 Å². The molecule has 4 rings (SSSR count). The third-order valence-electron chi connectivity index (χ3n) is 5.14. The Labute approximate surface area is 196 Å². The van der Waals surface area contributed by atoms with E-state index in [1.165, 1.54) is 0 Å². The summed E-state index contributed by atoms with van der Waals surface area (Å²) in [5, 5.41) is 18.8. The summed E-state index contributed by atoms with van der Waals surface area (Å²) in [5.41, 5.74) is 4.50. The van der Waals surface area contributed by atoms with Gasteiger partial charge in [-0.1, -0.05) is 53.6 Å². The number of ether oxygens (including phenoxy) is 2. The number of benzene rings is 3. The van der Waals surface area contributed by atoms with E-state index in [-0.39, 0.29) is 18.1 Å². The number of H-pyrrole nitrogens is 1. The highest BCUT2D eigenvalue weighted by Crippen LogP contribution is 2.44. The van der Waals surface area contributed by atoms with Gasteiger partial charge in [-0.25, -0.2) is 4.79 Å². The zero-order valence-corrected chi connectivity index (χ0v) is 19.0. The molecule has 0 saturated carbocycles. The number of phenolic OH excluding ortho intramolecular Hbond substituents is 1. The molecule has 6 nitrogen and oxygen atoms in total. The van der Waals surface area contributed by atoms with Crippen LogP contribution in [-0.4, -0.2) is 27.9 Å². The molecule has 0 saturated heterocycles. The van der Waals surface area contributed by atoms with Crippen LogP contribution in [-0.2, 0) is 11.3 Å². The monoisotopic (exact) mass is 462 g/mol.